The summed E-state index contributed by atoms with van der Waals surface area (Å²) in [6, 6.07) is 8.23. The third kappa shape index (κ3) is 7.01. The molecule has 2 atom stereocenters. The molecule has 1 fully saturated rings. The second-order valence-corrected chi connectivity index (χ2v) is 8.82. The van der Waals surface area contributed by atoms with E-state index in [1.807, 2.05) is 26.0 Å². The topological polar surface area (TPSA) is 90.9 Å². The van der Waals surface area contributed by atoms with Gasteiger partial charge in [-0.15, -0.1) is 0 Å². The average Bonchev–Trinajstić information content (AvgIpc) is 2.97. The molecule has 0 aromatic heterocycles. The number of hydrogen-bond acceptors (Lipinski definition) is 6. The van der Waals surface area contributed by atoms with Gasteiger partial charge in [-0.05, 0) is 45.2 Å². The van der Waals surface area contributed by atoms with E-state index in [4.69, 9.17) is 9.47 Å². The smallest absolute Gasteiger partial charge is 0.305 e. The summed E-state index contributed by atoms with van der Waals surface area (Å²) in [5, 5.41) is 0. The molecule has 156 valence electrons. The summed E-state index contributed by atoms with van der Waals surface area (Å²) >= 11 is 0. The first-order valence-electron chi connectivity index (χ1n) is 9.36. The largest absolute Gasteiger partial charge is 0.469 e. The number of methoxy groups -OCH3 is 1. The molecule has 1 aliphatic heterocycles. The zero-order chi connectivity index (χ0) is 20.6. The second kappa shape index (κ2) is 10.2. The Balaban J connectivity index is 1.86. The van der Waals surface area contributed by atoms with Crippen molar-refractivity contribution in [2.45, 2.75) is 62.4 Å². The van der Waals surface area contributed by atoms with Crippen LogP contribution in [0.5, 0.6) is 0 Å². The molecule has 1 N–H and O–H groups in total. The van der Waals surface area contributed by atoms with E-state index in [1.165, 1.54) is 7.11 Å². The minimum absolute atomic E-state index is 0.126. The Hall–Kier alpha value is -1.74. The van der Waals surface area contributed by atoms with E-state index < -0.39 is 21.9 Å². The van der Waals surface area contributed by atoms with Crippen LogP contribution in [-0.2, 0) is 29.0 Å². The number of unbranched alkanes of at least 4 members (excludes halogenated alkanes) is 1. The lowest BCUT2D eigenvalue weighted by molar-refractivity contribution is -0.145. The Morgan fingerprint density at radius 2 is 1.86 bits per heavy atom. The molecule has 1 saturated heterocycles. The molecule has 0 bridgehead atoms. The number of carbonyl (C=O) groups excluding carboxylic acids is 1. The molecule has 0 unspecified atom stereocenters. The van der Waals surface area contributed by atoms with Gasteiger partial charge in [0.05, 0.1) is 18.1 Å². The molecule has 0 spiro atoms. The molecule has 28 heavy (non-hydrogen) atoms. The van der Waals surface area contributed by atoms with Crippen molar-refractivity contribution in [1.82, 2.24) is 4.72 Å². The summed E-state index contributed by atoms with van der Waals surface area (Å²) in [4.78, 5) is 11.3. The SMILES string of the molecule is COC(=O)CCC/C=C\C[C@H]1OC(C)(C)O[C@@H]1CNS(=O)(=O)c1ccccc1. The molecular formula is C20H29NO6S. The van der Waals surface area contributed by atoms with Crippen LogP contribution < -0.4 is 4.72 Å². The number of ether oxygens (including phenoxy) is 3. The number of esters is 1. The predicted molar refractivity (Wildman–Crippen MR) is 105 cm³/mol. The van der Waals surface area contributed by atoms with Crippen molar-refractivity contribution >= 4 is 16.0 Å². The van der Waals surface area contributed by atoms with Crippen LogP contribution in [0.2, 0.25) is 0 Å². The van der Waals surface area contributed by atoms with Crippen LogP contribution >= 0.6 is 0 Å². The molecule has 1 aliphatic rings. The lowest BCUT2D eigenvalue weighted by Gasteiger charge is -2.17. The minimum atomic E-state index is -3.60. The fraction of sp³-hybridized carbons (Fsp3) is 0.550. The minimum Gasteiger partial charge on any atom is -0.469 e. The van der Waals surface area contributed by atoms with E-state index in [2.05, 4.69) is 9.46 Å². The van der Waals surface area contributed by atoms with Crippen LogP contribution in [0.3, 0.4) is 0 Å². The van der Waals surface area contributed by atoms with E-state index in [-0.39, 0.29) is 23.5 Å². The van der Waals surface area contributed by atoms with Gasteiger partial charge in [-0.1, -0.05) is 30.4 Å². The van der Waals surface area contributed by atoms with Crippen LogP contribution in [0.1, 0.15) is 39.5 Å². The lowest BCUT2D eigenvalue weighted by atomic mass is 10.1. The molecule has 1 aromatic carbocycles. The van der Waals surface area contributed by atoms with Gasteiger partial charge in [0.25, 0.3) is 0 Å². The van der Waals surface area contributed by atoms with Crippen molar-refractivity contribution in [3.8, 4) is 0 Å². The summed E-state index contributed by atoms with van der Waals surface area (Å²) in [6.07, 6.45) is 5.78. The number of allylic oxidation sites excluding steroid dienone is 1. The van der Waals surface area contributed by atoms with Crippen LogP contribution in [0.4, 0.5) is 0 Å². The number of hydrogen-bond donors (Lipinski definition) is 1. The van der Waals surface area contributed by atoms with E-state index in [0.29, 0.717) is 12.8 Å². The van der Waals surface area contributed by atoms with Gasteiger partial charge in [0, 0.05) is 13.0 Å². The standard InChI is InChI=1S/C20H29NO6S/c1-20(2)26-17(13-9-4-5-10-14-19(22)25-3)18(27-20)15-21-28(23,24)16-11-7-6-8-12-16/h4,6-9,11-12,17-18,21H,5,10,13-15H2,1-3H3/b9-4-/t17-,18-/m1/s1. The molecule has 1 aromatic rings. The zero-order valence-electron chi connectivity index (χ0n) is 16.6. The van der Waals surface area contributed by atoms with E-state index in [9.17, 15) is 13.2 Å². The van der Waals surface area contributed by atoms with Crippen molar-refractivity contribution in [2.24, 2.45) is 0 Å². The summed E-state index contributed by atoms with van der Waals surface area (Å²) in [6.45, 7) is 3.75. The Morgan fingerprint density at radius 3 is 2.54 bits per heavy atom. The number of benzene rings is 1. The Bertz CT molecular complexity index is 760. The van der Waals surface area contributed by atoms with Gasteiger partial charge in [-0.2, -0.15) is 0 Å². The molecule has 0 radical (unpaired) electrons. The highest BCUT2D eigenvalue weighted by atomic mass is 32.2. The Labute approximate surface area is 167 Å². The van der Waals surface area contributed by atoms with Crippen molar-refractivity contribution in [2.75, 3.05) is 13.7 Å². The highest BCUT2D eigenvalue weighted by Gasteiger charge is 2.40. The van der Waals surface area contributed by atoms with Gasteiger partial charge >= 0.3 is 5.97 Å². The molecule has 0 amide bonds. The maximum Gasteiger partial charge on any atom is 0.305 e. The fourth-order valence-electron chi connectivity index (χ4n) is 2.97. The third-order valence-electron chi connectivity index (χ3n) is 4.33. The van der Waals surface area contributed by atoms with Gasteiger partial charge < -0.3 is 14.2 Å². The zero-order valence-corrected chi connectivity index (χ0v) is 17.4. The van der Waals surface area contributed by atoms with Crippen molar-refractivity contribution < 1.29 is 27.4 Å². The number of sulfonamides is 1. The van der Waals surface area contributed by atoms with Crippen LogP contribution in [0, 0.1) is 0 Å². The first-order valence-corrected chi connectivity index (χ1v) is 10.8. The van der Waals surface area contributed by atoms with Gasteiger partial charge in [-0.25, -0.2) is 13.1 Å². The molecular weight excluding hydrogens is 382 g/mol. The van der Waals surface area contributed by atoms with E-state index in [1.54, 1.807) is 30.3 Å². The van der Waals surface area contributed by atoms with Crippen LogP contribution in [0.25, 0.3) is 0 Å². The summed E-state index contributed by atoms with van der Waals surface area (Å²) in [5.74, 6) is -0.986. The van der Waals surface area contributed by atoms with Gasteiger partial charge in [0.1, 0.15) is 6.10 Å². The van der Waals surface area contributed by atoms with Crippen molar-refractivity contribution in [1.29, 1.82) is 0 Å². The number of nitrogens with one attached hydrogen (secondary N) is 1. The van der Waals surface area contributed by atoms with Crippen LogP contribution in [-0.4, -0.2) is 46.0 Å². The molecule has 8 heteroatoms. The first kappa shape index (κ1) is 22.5. The maximum atomic E-state index is 12.4. The third-order valence-corrected chi connectivity index (χ3v) is 5.77. The van der Waals surface area contributed by atoms with E-state index in [0.717, 1.165) is 12.8 Å². The molecule has 7 nitrogen and oxygen atoms in total. The normalized spacial score (nSPS) is 21.8. The Morgan fingerprint density at radius 1 is 1.18 bits per heavy atom. The molecule has 1 heterocycles. The average molecular weight is 412 g/mol. The Kier molecular flexibility index (Phi) is 8.18. The molecule has 2 rings (SSSR count). The summed E-state index contributed by atoms with van der Waals surface area (Å²) in [5.41, 5.74) is 0. The van der Waals surface area contributed by atoms with Crippen molar-refractivity contribution in [3.63, 3.8) is 0 Å². The fourth-order valence-corrected chi connectivity index (χ4v) is 4.04. The summed E-state index contributed by atoms with van der Waals surface area (Å²) < 4.78 is 43.8. The van der Waals surface area contributed by atoms with Crippen LogP contribution in [0.15, 0.2) is 47.4 Å². The first-order chi connectivity index (χ1) is 13.2. The maximum absolute atomic E-state index is 12.4. The van der Waals surface area contributed by atoms with Crippen molar-refractivity contribution in [3.05, 3.63) is 42.5 Å². The van der Waals surface area contributed by atoms with Gasteiger partial charge in [-0.3, -0.25) is 4.79 Å². The summed E-state index contributed by atoms with van der Waals surface area (Å²) in [7, 11) is -2.22. The highest BCUT2D eigenvalue weighted by Crippen LogP contribution is 2.30. The highest BCUT2D eigenvalue weighted by molar-refractivity contribution is 7.89. The molecule has 0 aliphatic carbocycles. The van der Waals surface area contributed by atoms with Gasteiger partial charge in [0.15, 0.2) is 5.79 Å². The second-order valence-electron chi connectivity index (χ2n) is 7.05. The monoisotopic (exact) mass is 411 g/mol. The number of carbonyl (C=O) groups is 1. The van der Waals surface area contributed by atoms with E-state index >= 15 is 0 Å². The lowest BCUT2D eigenvalue weighted by Crippen LogP contribution is -2.37. The molecule has 0 saturated carbocycles. The van der Waals surface area contributed by atoms with Gasteiger partial charge in [0.2, 0.25) is 10.0 Å². The quantitative estimate of drug-likeness (QED) is 0.362. The number of rotatable bonds is 10. The predicted octanol–water partition coefficient (Wildman–Crippen LogP) is 2.77.